The van der Waals surface area contributed by atoms with Gasteiger partial charge in [-0.15, -0.1) is 0 Å². The number of nitro benzene ring substituents is 1. The average molecular weight is 307 g/mol. The highest BCUT2D eigenvalue weighted by molar-refractivity contribution is 5.64. The van der Waals surface area contributed by atoms with E-state index in [4.69, 9.17) is 0 Å². The Bertz CT molecular complexity index is 904. The molecule has 0 bridgehead atoms. The van der Waals surface area contributed by atoms with Crippen LogP contribution in [0, 0.1) is 10.1 Å². The zero-order chi connectivity index (χ0) is 16.2. The highest BCUT2D eigenvalue weighted by Gasteiger charge is 2.09. The fourth-order valence-electron chi connectivity index (χ4n) is 2.27. The van der Waals surface area contributed by atoms with Gasteiger partial charge in [0.15, 0.2) is 0 Å². The van der Waals surface area contributed by atoms with Crippen molar-refractivity contribution < 1.29 is 4.92 Å². The van der Waals surface area contributed by atoms with Gasteiger partial charge in [0.2, 0.25) is 0 Å². The molecule has 0 saturated heterocycles. The minimum Gasteiger partial charge on any atom is -0.268 e. The average Bonchev–Trinajstić information content (AvgIpc) is 2.58. The van der Waals surface area contributed by atoms with E-state index in [1.165, 1.54) is 22.9 Å². The molecule has 0 fully saturated rings. The van der Waals surface area contributed by atoms with Crippen molar-refractivity contribution in [3.63, 3.8) is 0 Å². The third-order valence-corrected chi connectivity index (χ3v) is 3.44. The predicted molar refractivity (Wildman–Crippen MR) is 86.1 cm³/mol. The van der Waals surface area contributed by atoms with Crippen molar-refractivity contribution in [3.8, 4) is 11.1 Å². The van der Waals surface area contributed by atoms with Gasteiger partial charge < -0.3 is 0 Å². The topological polar surface area (TPSA) is 78.0 Å². The van der Waals surface area contributed by atoms with E-state index in [0.717, 1.165) is 5.56 Å². The number of non-ortho nitro benzene ring substituents is 1. The normalized spacial score (nSPS) is 10.4. The van der Waals surface area contributed by atoms with Crippen LogP contribution in [0.15, 0.2) is 71.7 Å². The monoisotopic (exact) mass is 307 g/mol. The summed E-state index contributed by atoms with van der Waals surface area (Å²) in [6.07, 6.45) is 1.55. The molecule has 0 amide bonds. The summed E-state index contributed by atoms with van der Waals surface area (Å²) in [6.45, 7) is 0.384. The van der Waals surface area contributed by atoms with Crippen LogP contribution in [0.4, 0.5) is 5.69 Å². The summed E-state index contributed by atoms with van der Waals surface area (Å²) in [5.74, 6) is 0. The van der Waals surface area contributed by atoms with Gasteiger partial charge >= 0.3 is 0 Å². The number of aromatic nitrogens is 2. The van der Waals surface area contributed by atoms with E-state index in [0.29, 0.717) is 17.7 Å². The Morgan fingerprint density at radius 1 is 1.00 bits per heavy atom. The van der Waals surface area contributed by atoms with Crippen molar-refractivity contribution in [2.75, 3.05) is 0 Å². The molecule has 0 N–H and O–H groups in total. The van der Waals surface area contributed by atoms with Gasteiger partial charge in [0.1, 0.15) is 0 Å². The first-order valence-electron chi connectivity index (χ1n) is 6.99. The minimum absolute atomic E-state index is 0.0176. The van der Waals surface area contributed by atoms with E-state index in [9.17, 15) is 14.9 Å². The first-order chi connectivity index (χ1) is 11.1. The smallest absolute Gasteiger partial charge is 0.268 e. The molecule has 0 radical (unpaired) electrons. The molecule has 1 aromatic heterocycles. The van der Waals surface area contributed by atoms with Crippen LogP contribution in [0.2, 0.25) is 0 Å². The lowest BCUT2D eigenvalue weighted by atomic mass is 10.1. The van der Waals surface area contributed by atoms with Crippen molar-refractivity contribution in [2.45, 2.75) is 6.54 Å². The highest BCUT2D eigenvalue weighted by Crippen LogP contribution is 2.22. The summed E-state index contributed by atoms with van der Waals surface area (Å²) < 4.78 is 1.36. The van der Waals surface area contributed by atoms with Crippen LogP contribution in [-0.4, -0.2) is 14.7 Å². The quantitative estimate of drug-likeness (QED) is 0.548. The number of hydrogen-bond donors (Lipinski definition) is 0. The van der Waals surface area contributed by atoms with Crippen LogP contribution >= 0.6 is 0 Å². The van der Waals surface area contributed by atoms with E-state index >= 15 is 0 Å². The number of rotatable bonds is 4. The maximum Gasteiger partial charge on any atom is 0.270 e. The molecule has 1 heterocycles. The lowest BCUT2D eigenvalue weighted by Crippen LogP contribution is -2.22. The highest BCUT2D eigenvalue weighted by atomic mass is 16.6. The zero-order valence-electron chi connectivity index (χ0n) is 12.1. The summed E-state index contributed by atoms with van der Waals surface area (Å²) in [6, 6.07) is 17.1. The second-order valence-corrected chi connectivity index (χ2v) is 5.03. The van der Waals surface area contributed by atoms with Gasteiger partial charge in [-0.1, -0.05) is 42.5 Å². The first kappa shape index (κ1) is 14.6. The van der Waals surface area contributed by atoms with Crippen molar-refractivity contribution in [2.24, 2.45) is 0 Å². The Labute approximate surface area is 131 Å². The van der Waals surface area contributed by atoms with Gasteiger partial charge in [0.05, 0.1) is 17.7 Å². The molecule has 0 aliphatic carbocycles. The Morgan fingerprint density at radius 3 is 2.48 bits per heavy atom. The van der Waals surface area contributed by atoms with E-state index in [-0.39, 0.29) is 11.2 Å². The van der Waals surface area contributed by atoms with Crippen LogP contribution in [-0.2, 0) is 6.54 Å². The molecule has 23 heavy (non-hydrogen) atoms. The molecule has 6 nitrogen and oxygen atoms in total. The van der Waals surface area contributed by atoms with Crippen LogP contribution in [0.5, 0.6) is 0 Å². The van der Waals surface area contributed by atoms with Crippen LogP contribution in [0.1, 0.15) is 5.56 Å². The summed E-state index contributed by atoms with van der Waals surface area (Å²) in [4.78, 5) is 22.6. The number of nitrogens with zero attached hydrogens (tertiary/aromatic N) is 3. The molecule has 114 valence electrons. The van der Waals surface area contributed by atoms with E-state index in [1.54, 1.807) is 18.3 Å². The Hall–Kier alpha value is -3.28. The van der Waals surface area contributed by atoms with Gasteiger partial charge in [0, 0.05) is 23.8 Å². The third-order valence-electron chi connectivity index (χ3n) is 3.44. The van der Waals surface area contributed by atoms with Gasteiger partial charge in [0.25, 0.3) is 11.2 Å². The van der Waals surface area contributed by atoms with E-state index in [1.807, 2.05) is 30.3 Å². The summed E-state index contributed by atoms with van der Waals surface area (Å²) in [5.41, 5.74) is 1.86. The molecule has 0 spiro atoms. The van der Waals surface area contributed by atoms with Gasteiger partial charge in [-0.2, -0.15) is 5.10 Å². The van der Waals surface area contributed by atoms with Crippen molar-refractivity contribution in [3.05, 3.63) is 92.9 Å². The van der Waals surface area contributed by atoms with E-state index < -0.39 is 4.92 Å². The maximum atomic E-state index is 12.2. The molecule has 0 aliphatic rings. The molecule has 2 aromatic carbocycles. The summed E-state index contributed by atoms with van der Waals surface area (Å²) in [7, 11) is 0. The van der Waals surface area contributed by atoms with Gasteiger partial charge in [-0.25, -0.2) is 4.68 Å². The van der Waals surface area contributed by atoms with E-state index in [2.05, 4.69) is 5.10 Å². The Kier molecular flexibility index (Phi) is 3.97. The van der Waals surface area contributed by atoms with Crippen molar-refractivity contribution in [1.29, 1.82) is 0 Å². The Balaban J connectivity index is 1.92. The molecule has 6 heteroatoms. The fraction of sp³-hybridized carbons (Fsp3) is 0.0588. The van der Waals surface area contributed by atoms with Crippen LogP contribution in [0.25, 0.3) is 11.1 Å². The zero-order valence-corrected chi connectivity index (χ0v) is 12.1. The predicted octanol–water partition coefficient (Wildman–Crippen LogP) is 2.87. The van der Waals surface area contributed by atoms with Crippen LogP contribution < -0.4 is 5.56 Å². The number of benzene rings is 2. The molecule has 3 rings (SSSR count). The molecule has 3 aromatic rings. The lowest BCUT2D eigenvalue weighted by Gasteiger charge is -2.06. The lowest BCUT2D eigenvalue weighted by molar-refractivity contribution is -0.384. The second-order valence-electron chi connectivity index (χ2n) is 5.03. The minimum atomic E-state index is -0.465. The van der Waals surface area contributed by atoms with Crippen molar-refractivity contribution in [1.82, 2.24) is 9.78 Å². The molecular weight excluding hydrogens is 294 g/mol. The molecule has 0 saturated carbocycles. The summed E-state index contributed by atoms with van der Waals surface area (Å²) >= 11 is 0. The molecular formula is C17H13N3O3. The fourth-order valence-corrected chi connectivity index (χ4v) is 2.27. The summed E-state index contributed by atoms with van der Waals surface area (Å²) in [5, 5.41) is 15.0. The van der Waals surface area contributed by atoms with Crippen LogP contribution in [0.3, 0.4) is 0 Å². The van der Waals surface area contributed by atoms with Gasteiger partial charge in [-0.05, 0) is 11.1 Å². The van der Waals surface area contributed by atoms with Crippen molar-refractivity contribution >= 4 is 5.69 Å². The Morgan fingerprint density at radius 2 is 1.78 bits per heavy atom. The molecule has 0 atom stereocenters. The number of nitro groups is 1. The first-order valence-corrected chi connectivity index (χ1v) is 6.99. The number of hydrogen-bond acceptors (Lipinski definition) is 4. The molecule has 0 aliphatic heterocycles. The third kappa shape index (κ3) is 3.32. The maximum absolute atomic E-state index is 12.2. The second kappa shape index (κ2) is 6.23. The molecule has 0 unspecified atom stereocenters. The van der Waals surface area contributed by atoms with Gasteiger partial charge in [-0.3, -0.25) is 14.9 Å². The largest absolute Gasteiger partial charge is 0.270 e. The standard InChI is InChI=1S/C17H13N3O3/c21-17-10-15(14-7-4-8-16(9-14)20(22)23)11-18-19(17)12-13-5-2-1-3-6-13/h1-11H,12H2. The SMILES string of the molecule is O=c1cc(-c2cccc([N+](=O)[O-])c2)cnn1Cc1ccccc1.